The first-order valence-corrected chi connectivity index (χ1v) is 13.2. The Balaban J connectivity index is 1.58. The van der Waals surface area contributed by atoms with Crippen molar-refractivity contribution in [2.45, 2.75) is 17.1 Å². The number of carbonyl (C=O) groups is 1. The fraction of sp³-hybridized carbons (Fsp3) is 0.208. The van der Waals surface area contributed by atoms with Gasteiger partial charge in [0.1, 0.15) is 6.54 Å². The van der Waals surface area contributed by atoms with Gasteiger partial charge in [0.05, 0.1) is 10.6 Å². The molecule has 1 N–H and O–H groups in total. The Morgan fingerprint density at radius 2 is 1.62 bits per heavy atom. The Kier molecular flexibility index (Phi) is 9.02. The summed E-state index contributed by atoms with van der Waals surface area (Å²) in [5.74, 6) is 1.46. The molecule has 0 bridgehead atoms. The summed E-state index contributed by atoms with van der Waals surface area (Å²) < 4.78 is 27.5. The second-order valence-corrected chi connectivity index (χ2v) is 10.5. The second kappa shape index (κ2) is 11.9. The van der Waals surface area contributed by atoms with E-state index in [1.807, 2.05) is 18.2 Å². The third kappa shape index (κ3) is 7.02. The number of carbonyl (C=O) groups excluding carboxylic acids is 1. The minimum Gasteiger partial charge on any atom is -0.354 e. The van der Waals surface area contributed by atoms with Crippen LogP contribution in [-0.2, 0) is 20.6 Å². The molecule has 0 saturated heterocycles. The van der Waals surface area contributed by atoms with Gasteiger partial charge in [-0.15, -0.1) is 0 Å². The minimum atomic E-state index is -3.93. The third-order valence-corrected chi connectivity index (χ3v) is 7.75. The molecule has 32 heavy (non-hydrogen) atoms. The van der Waals surface area contributed by atoms with Crippen LogP contribution in [0.5, 0.6) is 0 Å². The molecule has 3 aromatic carbocycles. The average Bonchev–Trinajstić information content (AvgIpc) is 2.81. The van der Waals surface area contributed by atoms with Gasteiger partial charge in [-0.3, -0.25) is 9.10 Å². The molecule has 0 spiro atoms. The SMILES string of the molecule is O=C(CN(c1cccc(Cl)c1)S(=O)(=O)c1ccccc1)NCCCSCc1ccccc1. The summed E-state index contributed by atoms with van der Waals surface area (Å²) in [4.78, 5) is 12.7. The predicted molar refractivity (Wildman–Crippen MR) is 133 cm³/mol. The number of amides is 1. The predicted octanol–water partition coefficient (Wildman–Crippen LogP) is 4.98. The lowest BCUT2D eigenvalue weighted by Gasteiger charge is -2.24. The first-order chi connectivity index (χ1) is 15.5. The monoisotopic (exact) mass is 488 g/mol. The lowest BCUT2D eigenvalue weighted by Crippen LogP contribution is -2.41. The number of thioether (sulfide) groups is 1. The van der Waals surface area contributed by atoms with E-state index < -0.39 is 10.0 Å². The fourth-order valence-electron chi connectivity index (χ4n) is 3.02. The molecule has 5 nitrogen and oxygen atoms in total. The van der Waals surface area contributed by atoms with Crippen LogP contribution >= 0.6 is 23.4 Å². The van der Waals surface area contributed by atoms with Crippen molar-refractivity contribution in [3.63, 3.8) is 0 Å². The zero-order valence-electron chi connectivity index (χ0n) is 17.5. The maximum atomic E-state index is 13.2. The third-order valence-electron chi connectivity index (χ3n) is 4.61. The quantitative estimate of drug-likeness (QED) is 0.387. The van der Waals surface area contributed by atoms with Gasteiger partial charge in [-0.2, -0.15) is 11.8 Å². The number of anilines is 1. The lowest BCUT2D eigenvalue weighted by molar-refractivity contribution is -0.119. The zero-order valence-corrected chi connectivity index (χ0v) is 19.9. The average molecular weight is 489 g/mol. The van der Waals surface area contributed by atoms with Crippen LogP contribution in [0.2, 0.25) is 5.02 Å². The number of nitrogens with zero attached hydrogens (tertiary/aromatic N) is 1. The van der Waals surface area contributed by atoms with Gasteiger partial charge in [-0.05, 0) is 48.1 Å². The zero-order chi connectivity index (χ0) is 22.8. The van der Waals surface area contributed by atoms with Crippen LogP contribution in [0.15, 0.2) is 89.8 Å². The number of hydrogen-bond acceptors (Lipinski definition) is 4. The Morgan fingerprint density at radius 1 is 0.938 bits per heavy atom. The first kappa shape index (κ1) is 24.2. The Bertz CT molecular complexity index is 1110. The Morgan fingerprint density at radius 3 is 2.31 bits per heavy atom. The summed E-state index contributed by atoms with van der Waals surface area (Å²) in [6.07, 6.45) is 0.797. The molecule has 0 aliphatic carbocycles. The number of hydrogen-bond donors (Lipinski definition) is 1. The van der Waals surface area contributed by atoms with E-state index in [9.17, 15) is 13.2 Å². The largest absolute Gasteiger partial charge is 0.354 e. The van der Waals surface area contributed by atoms with Crippen molar-refractivity contribution in [1.29, 1.82) is 0 Å². The summed E-state index contributed by atoms with van der Waals surface area (Å²) in [6.45, 7) is 0.157. The maximum Gasteiger partial charge on any atom is 0.264 e. The van der Waals surface area contributed by atoms with Crippen LogP contribution in [0.4, 0.5) is 5.69 Å². The van der Waals surface area contributed by atoms with Gasteiger partial charge in [0, 0.05) is 17.3 Å². The summed E-state index contributed by atoms with van der Waals surface area (Å²) in [7, 11) is -3.93. The molecule has 0 aliphatic rings. The van der Waals surface area contributed by atoms with Gasteiger partial charge in [0.2, 0.25) is 5.91 Å². The molecule has 0 fully saturated rings. The molecule has 168 valence electrons. The van der Waals surface area contributed by atoms with Crippen LogP contribution < -0.4 is 9.62 Å². The second-order valence-electron chi connectivity index (χ2n) is 7.05. The summed E-state index contributed by atoms with van der Waals surface area (Å²) in [6, 6.07) is 24.7. The molecule has 0 aromatic heterocycles. The van der Waals surface area contributed by atoms with E-state index in [4.69, 9.17) is 11.6 Å². The molecule has 1 amide bonds. The van der Waals surface area contributed by atoms with Crippen molar-refractivity contribution in [3.05, 3.63) is 95.5 Å². The van der Waals surface area contributed by atoms with Crippen LogP contribution in [0, 0.1) is 0 Å². The van der Waals surface area contributed by atoms with E-state index in [1.165, 1.54) is 23.8 Å². The van der Waals surface area contributed by atoms with Crippen molar-refractivity contribution in [2.24, 2.45) is 0 Å². The van der Waals surface area contributed by atoms with E-state index in [1.54, 1.807) is 48.2 Å². The van der Waals surface area contributed by atoms with E-state index >= 15 is 0 Å². The van der Waals surface area contributed by atoms with Crippen molar-refractivity contribution in [3.8, 4) is 0 Å². The van der Waals surface area contributed by atoms with E-state index in [-0.39, 0.29) is 17.3 Å². The molecule has 0 heterocycles. The van der Waals surface area contributed by atoms with Crippen LogP contribution in [-0.4, -0.2) is 33.2 Å². The first-order valence-electron chi connectivity index (χ1n) is 10.2. The number of benzene rings is 3. The van der Waals surface area contributed by atoms with Gasteiger partial charge in [-0.1, -0.05) is 66.2 Å². The summed E-state index contributed by atoms with van der Waals surface area (Å²) in [5.41, 5.74) is 1.61. The van der Waals surface area contributed by atoms with Gasteiger partial charge < -0.3 is 5.32 Å². The maximum absolute atomic E-state index is 13.2. The molecule has 0 saturated carbocycles. The fourth-order valence-corrected chi connectivity index (χ4v) is 5.56. The molecular formula is C24H25ClN2O3S2. The highest BCUT2D eigenvalue weighted by atomic mass is 35.5. The molecule has 0 radical (unpaired) electrons. The van der Waals surface area contributed by atoms with E-state index in [2.05, 4.69) is 17.4 Å². The molecule has 3 aromatic rings. The normalized spacial score (nSPS) is 11.2. The van der Waals surface area contributed by atoms with Gasteiger partial charge in [0.15, 0.2) is 0 Å². The smallest absolute Gasteiger partial charge is 0.264 e. The highest BCUT2D eigenvalue weighted by molar-refractivity contribution is 7.98. The highest BCUT2D eigenvalue weighted by Gasteiger charge is 2.27. The van der Waals surface area contributed by atoms with Crippen molar-refractivity contribution < 1.29 is 13.2 Å². The van der Waals surface area contributed by atoms with Crippen molar-refractivity contribution in [1.82, 2.24) is 5.32 Å². The van der Waals surface area contributed by atoms with Crippen molar-refractivity contribution in [2.75, 3.05) is 23.1 Å². The molecule has 0 aliphatic heterocycles. The van der Waals surface area contributed by atoms with E-state index in [0.29, 0.717) is 17.3 Å². The molecular weight excluding hydrogens is 464 g/mol. The highest BCUT2D eigenvalue weighted by Crippen LogP contribution is 2.25. The molecule has 0 unspecified atom stereocenters. The number of rotatable bonds is 11. The van der Waals surface area contributed by atoms with Gasteiger partial charge in [0.25, 0.3) is 10.0 Å². The molecule has 0 atom stereocenters. The topological polar surface area (TPSA) is 66.5 Å². The van der Waals surface area contributed by atoms with Crippen molar-refractivity contribution >= 4 is 45.0 Å². The summed E-state index contributed by atoms with van der Waals surface area (Å²) in [5, 5.41) is 3.22. The number of sulfonamides is 1. The minimum absolute atomic E-state index is 0.116. The Labute approximate surface area is 198 Å². The standard InChI is InChI=1S/C24H25ClN2O3S2/c25-21-11-7-12-22(17-21)27(32(29,30)23-13-5-2-6-14-23)18-24(28)26-15-8-16-31-19-20-9-3-1-4-10-20/h1-7,9-14,17H,8,15-16,18-19H2,(H,26,28). The van der Waals surface area contributed by atoms with Gasteiger partial charge >= 0.3 is 0 Å². The molecule has 3 rings (SSSR count). The molecule has 8 heteroatoms. The summed E-state index contributed by atoms with van der Waals surface area (Å²) >= 11 is 7.87. The van der Waals surface area contributed by atoms with Crippen LogP contribution in [0.3, 0.4) is 0 Å². The van der Waals surface area contributed by atoms with Crippen LogP contribution in [0.25, 0.3) is 0 Å². The lowest BCUT2D eigenvalue weighted by atomic mass is 10.2. The van der Waals surface area contributed by atoms with Crippen LogP contribution in [0.1, 0.15) is 12.0 Å². The number of halogens is 1. The van der Waals surface area contributed by atoms with Gasteiger partial charge in [-0.25, -0.2) is 8.42 Å². The van der Waals surface area contributed by atoms with E-state index in [0.717, 1.165) is 22.2 Å². The Hall–Kier alpha value is -2.48. The number of nitrogens with one attached hydrogen (secondary N) is 1.